The first-order valence-electron chi connectivity index (χ1n) is 6.67. The molecule has 0 amide bonds. The molecule has 1 atom stereocenters. The zero-order valence-electron chi connectivity index (χ0n) is 12.0. The largest absolute Gasteiger partial charge is 0.464 e. The lowest BCUT2D eigenvalue weighted by Crippen LogP contribution is -2.25. The molecule has 0 radical (unpaired) electrons. The molecule has 0 fully saturated rings. The van der Waals surface area contributed by atoms with Gasteiger partial charge in [-0.05, 0) is 25.6 Å². The Kier molecular flexibility index (Phi) is 5.23. The zero-order valence-corrected chi connectivity index (χ0v) is 12.8. The first-order chi connectivity index (χ1) is 9.67. The Morgan fingerprint density at radius 1 is 1.50 bits per heavy atom. The van der Waals surface area contributed by atoms with Gasteiger partial charge >= 0.3 is 0 Å². The molecule has 1 unspecified atom stereocenters. The van der Waals surface area contributed by atoms with Crippen molar-refractivity contribution in [2.75, 3.05) is 20.3 Å². The summed E-state index contributed by atoms with van der Waals surface area (Å²) in [5.41, 5.74) is 0.903. The van der Waals surface area contributed by atoms with E-state index in [4.69, 9.17) is 20.8 Å². The Bertz CT molecular complexity index is 550. The topological polar surface area (TPSA) is 52.2 Å². The van der Waals surface area contributed by atoms with Crippen LogP contribution >= 0.6 is 11.6 Å². The van der Waals surface area contributed by atoms with Gasteiger partial charge in [0.05, 0.1) is 30.1 Å². The van der Waals surface area contributed by atoms with Crippen LogP contribution in [0.15, 0.2) is 22.7 Å². The fourth-order valence-corrected chi connectivity index (χ4v) is 2.41. The maximum absolute atomic E-state index is 6.31. The summed E-state index contributed by atoms with van der Waals surface area (Å²) in [7, 11) is 1.67. The van der Waals surface area contributed by atoms with Gasteiger partial charge in [-0.25, -0.2) is 0 Å². The number of rotatable bonds is 7. The van der Waals surface area contributed by atoms with Gasteiger partial charge in [0.15, 0.2) is 0 Å². The van der Waals surface area contributed by atoms with Gasteiger partial charge in [0.1, 0.15) is 17.6 Å². The number of aromatic nitrogens is 2. The number of aryl methyl sites for hydroxylation is 1. The minimum atomic E-state index is -0.111. The van der Waals surface area contributed by atoms with E-state index in [1.165, 1.54) is 0 Å². The molecule has 0 bridgehead atoms. The maximum atomic E-state index is 6.31. The fraction of sp³-hybridized carbons (Fsp3) is 0.500. The zero-order chi connectivity index (χ0) is 14.5. The van der Waals surface area contributed by atoms with Gasteiger partial charge in [-0.2, -0.15) is 5.10 Å². The van der Waals surface area contributed by atoms with E-state index in [9.17, 15) is 0 Å². The van der Waals surface area contributed by atoms with Crippen LogP contribution in [0.4, 0.5) is 0 Å². The molecule has 0 aliphatic carbocycles. The van der Waals surface area contributed by atoms with Crippen molar-refractivity contribution in [3.05, 3.63) is 40.6 Å². The molecular formula is C14H20ClN3O2. The molecular weight excluding hydrogens is 278 g/mol. The lowest BCUT2D eigenvalue weighted by atomic mass is 10.1. The van der Waals surface area contributed by atoms with Gasteiger partial charge in [0.25, 0.3) is 0 Å². The number of methoxy groups -OCH3 is 1. The number of ether oxygens (including phenoxy) is 1. The van der Waals surface area contributed by atoms with Gasteiger partial charge in [-0.15, -0.1) is 0 Å². The van der Waals surface area contributed by atoms with E-state index in [2.05, 4.69) is 10.4 Å². The Labute approximate surface area is 123 Å². The van der Waals surface area contributed by atoms with Crippen molar-refractivity contribution < 1.29 is 9.15 Å². The monoisotopic (exact) mass is 297 g/mol. The predicted octanol–water partition coefficient (Wildman–Crippen LogP) is 2.78. The van der Waals surface area contributed by atoms with Gasteiger partial charge in [-0.3, -0.25) is 4.68 Å². The van der Waals surface area contributed by atoms with Crippen molar-refractivity contribution in [2.45, 2.75) is 26.4 Å². The van der Waals surface area contributed by atoms with E-state index in [-0.39, 0.29) is 6.04 Å². The van der Waals surface area contributed by atoms with Crippen molar-refractivity contribution in [2.24, 2.45) is 0 Å². The van der Waals surface area contributed by atoms with Crippen molar-refractivity contribution >= 4 is 11.6 Å². The Balaban J connectivity index is 2.35. The van der Waals surface area contributed by atoms with Crippen molar-refractivity contribution in [1.29, 1.82) is 0 Å². The third-order valence-corrected chi connectivity index (χ3v) is 3.36. The molecule has 0 saturated heterocycles. The highest BCUT2D eigenvalue weighted by molar-refractivity contribution is 6.31. The van der Waals surface area contributed by atoms with E-state index >= 15 is 0 Å². The van der Waals surface area contributed by atoms with Gasteiger partial charge in [0.2, 0.25) is 0 Å². The molecule has 0 aliphatic rings. The highest BCUT2D eigenvalue weighted by Gasteiger charge is 2.24. The molecule has 5 nitrogen and oxygen atoms in total. The van der Waals surface area contributed by atoms with Gasteiger partial charge < -0.3 is 14.5 Å². The number of hydrogen-bond donors (Lipinski definition) is 1. The Morgan fingerprint density at radius 2 is 2.30 bits per heavy atom. The summed E-state index contributed by atoms with van der Waals surface area (Å²) in [5.74, 6) is 1.72. The molecule has 2 aromatic rings. The second-order valence-electron chi connectivity index (χ2n) is 4.53. The van der Waals surface area contributed by atoms with E-state index < -0.39 is 0 Å². The van der Waals surface area contributed by atoms with Gasteiger partial charge in [-0.1, -0.05) is 18.5 Å². The molecule has 0 saturated carbocycles. The molecule has 6 heteroatoms. The van der Waals surface area contributed by atoms with Gasteiger partial charge in [0, 0.05) is 7.11 Å². The molecule has 110 valence electrons. The van der Waals surface area contributed by atoms with Crippen LogP contribution in [0.5, 0.6) is 0 Å². The number of nitrogens with one attached hydrogen (secondary N) is 1. The lowest BCUT2D eigenvalue weighted by molar-refractivity contribution is 0.181. The summed E-state index contributed by atoms with van der Waals surface area (Å²) >= 11 is 6.31. The van der Waals surface area contributed by atoms with Crippen LogP contribution in [0.2, 0.25) is 5.02 Å². The van der Waals surface area contributed by atoms with E-state index in [1.54, 1.807) is 13.3 Å². The minimum Gasteiger partial charge on any atom is -0.464 e. The average Bonchev–Trinajstić information content (AvgIpc) is 3.01. The van der Waals surface area contributed by atoms with Crippen LogP contribution in [-0.4, -0.2) is 30.0 Å². The standard InChI is InChI=1S/C14H20ClN3O2/c1-4-16-13(12-6-5-10(2)20-12)14-11(15)9-17-18(14)7-8-19-3/h5-6,9,13,16H,4,7-8H2,1-3H3. The molecule has 2 aromatic heterocycles. The van der Waals surface area contributed by atoms with Crippen molar-refractivity contribution in [3.8, 4) is 0 Å². The average molecular weight is 298 g/mol. The lowest BCUT2D eigenvalue weighted by Gasteiger charge is -2.18. The Hall–Kier alpha value is -1.30. The smallest absolute Gasteiger partial charge is 0.127 e. The summed E-state index contributed by atoms with van der Waals surface area (Å²) in [6.07, 6.45) is 1.66. The van der Waals surface area contributed by atoms with E-state index in [0.717, 1.165) is 23.8 Å². The third kappa shape index (κ3) is 3.23. The summed E-state index contributed by atoms with van der Waals surface area (Å²) in [5, 5.41) is 8.33. The molecule has 2 heterocycles. The number of halogens is 1. The number of furan rings is 1. The molecule has 20 heavy (non-hydrogen) atoms. The van der Waals surface area contributed by atoms with Crippen molar-refractivity contribution in [3.63, 3.8) is 0 Å². The summed E-state index contributed by atoms with van der Waals surface area (Å²) < 4.78 is 12.7. The van der Waals surface area contributed by atoms with Crippen LogP contribution in [0.1, 0.15) is 30.2 Å². The third-order valence-electron chi connectivity index (χ3n) is 3.07. The Morgan fingerprint density at radius 3 is 2.90 bits per heavy atom. The normalized spacial score (nSPS) is 12.8. The summed E-state index contributed by atoms with van der Waals surface area (Å²) in [4.78, 5) is 0. The highest BCUT2D eigenvalue weighted by atomic mass is 35.5. The molecule has 0 aliphatic heterocycles. The summed E-state index contributed by atoms with van der Waals surface area (Å²) in [6.45, 7) is 6.01. The predicted molar refractivity (Wildman–Crippen MR) is 78.1 cm³/mol. The summed E-state index contributed by atoms with van der Waals surface area (Å²) in [6, 6.07) is 3.80. The van der Waals surface area contributed by atoms with Crippen LogP contribution in [0.3, 0.4) is 0 Å². The number of nitrogens with zero attached hydrogens (tertiary/aromatic N) is 2. The van der Waals surface area contributed by atoms with E-state index in [1.807, 2.05) is 30.7 Å². The SMILES string of the molecule is CCNC(c1ccc(C)o1)c1c(Cl)cnn1CCOC. The fourth-order valence-electron chi connectivity index (χ4n) is 2.16. The first-order valence-corrected chi connectivity index (χ1v) is 7.05. The van der Waals surface area contributed by atoms with Crippen LogP contribution < -0.4 is 5.32 Å². The first kappa shape index (κ1) is 15.1. The molecule has 2 rings (SSSR count). The minimum absolute atomic E-state index is 0.111. The molecule has 0 aromatic carbocycles. The second-order valence-corrected chi connectivity index (χ2v) is 4.94. The molecule has 0 spiro atoms. The number of hydrogen-bond acceptors (Lipinski definition) is 4. The van der Waals surface area contributed by atoms with Crippen LogP contribution in [0.25, 0.3) is 0 Å². The quantitative estimate of drug-likeness (QED) is 0.854. The van der Waals surface area contributed by atoms with Crippen LogP contribution in [0, 0.1) is 6.92 Å². The van der Waals surface area contributed by atoms with E-state index in [0.29, 0.717) is 18.2 Å². The highest BCUT2D eigenvalue weighted by Crippen LogP contribution is 2.29. The molecule has 1 N–H and O–H groups in total. The maximum Gasteiger partial charge on any atom is 0.127 e. The van der Waals surface area contributed by atoms with Crippen LogP contribution in [-0.2, 0) is 11.3 Å². The van der Waals surface area contributed by atoms with Crippen molar-refractivity contribution in [1.82, 2.24) is 15.1 Å². The second kappa shape index (κ2) is 6.92.